The molecule has 0 bridgehead atoms. The fourth-order valence-electron chi connectivity index (χ4n) is 3.52. The Labute approximate surface area is 162 Å². The molecular formula is C21H34N4O2. The van der Waals surface area contributed by atoms with E-state index >= 15 is 0 Å². The lowest BCUT2D eigenvalue weighted by Gasteiger charge is -2.30. The number of carbonyl (C=O) groups is 2. The van der Waals surface area contributed by atoms with Crippen molar-refractivity contribution in [3.05, 3.63) is 29.8 Å². The number of likely N-dealkylation sites (tertiary alicyclic amines) is 1. The smallest absolute Gasteiger partial charge is 0.319 e. The Morgan fingerprint density at radius 2 is 1.81 bits per heavy atom. The van der Waals surface area contributed by atoms with Gasteiger partial charge in [-0.1, -0.05) is 39.0 Å². The molecule has 6 nitrogen and oxygen atoms in total. The minimum absolute atomic E-state index is 0.0220. The maximum Gasteiger partial charge on any atom is 0.319 e. The zero-order chi connectivity index (χ0) is 19.9. The summed E-state index contributed by atoms with van der Waals surface area (Å²) in [5.41, 5.74) is 7.33. The van der Waals surface area contributed by atoms with E-state index in [9.17, 15) is 9.59 Å². The zero-order valence-corrected chi connectivity index (χ0v) is 16.9. The molecular weight excluding hydrogens is 340 g/mol. The highest BCUT2D eigenvalue weighted by molar-refractivity contribution is 5.90. The number of anilines is 1. The number of nitrogens with one attached hydrogen (secondary N) is 2. The van der Waals surface area contributed by atoms with Crippen molar-refractivity contribution in [2.24, 2.45) is 11.7 Å². The molecule has 0 radical (unpaired) electrons. The highest BCUT2D eigenvalue weighted by atomic mass is 16.2. The molecule has 0 atom stereocenters. The zero-order valence-electron chi connectivity index (χ0n) is 16.9. The van der Waals surface area contributed by atoms with E-state index in [0.717, 1.165) is 56.6 Å². The predicted octanol–water partition coefficient (Wildman–Crippen LogP) is 3.08. The third-order valence-electron chi connectivity index (χ3n) is 5.16. The molecule has 6 heteroatoms. The van der Waals surface area contributed by atoms with Crippen molar-refractivity contribution in [1.82, 2.24) is 10.2 Å². The second kappa shape index (κ2) is 9.74. The monoisotopic (exact) mass is 374 g/mol. The number of primary amides is 1. The van der Waals surface area contributed by atoms with Crippen molar-refractivity contribution in [3.63, 3.8) is 0 Å². The van der Waals surface area contributed by atoms with Gasteiger partial charge in [-0.25, -0.2) is 4.79 Å². The summed E-state index contributed by atoms with van der Waals surface area (Å²) in [4.78, 5) is 25.7. The maximum absolute atomic E-state index is 12.2. The van der Waals surface area contributed by atoms with Crippen LogP contribution in [0.4, 0.5) is 10.5 Å². The molecule has 1 saturated heterocycles. The molecule has 150 valence electrons. The number of hydrogen-bond donors (Lipinski definition) is 3. The summed E-state index contributed by atoms with van der Waals surface area (Å²) in [5.74, 6) is -0.125. The highest BCUT2D eigenvalue weighted by Gasteiger charge is 2.22. The van der Waals surface area contributed by atoms with Gasteiger partial charge >= 0.3 is 6.03 Å². The van der Waals surface area contributed by atoms with E-state index in [4.69, 9.17) is 5.73 Å². The largest absolute Gasteiger partial charge is 0.369 e. The third kappa shape index (κ3) is 6.86. The number of rotatable bonds is 7. The van der Waals surface area contributed by atoms with Gasteiger partial charge < -0.3 is 21.3 Å². The molecule has 2 rings (SSSR count). The molecule has 0 aliphatic carbocycles. The number of hydrogen-bond acceptors (Lipinski definition) is 3. The Bertz CT molecular complexity index is 631. The van der Waals surface area contributed by atoms with Crippen molar-refractivity contribution >= 4 is 17.6 Å². The van der Waals surface area contributed by atoms with Gasteiger partial charge in [-0.05, 0) is 62.4 Å². The summed E-state index contributed by atoms with van der Waals surface area (Å²) in [7, 11) is 0. The minimum Gasteiger partial charge on any atom is -0.369 e. The molecule has 0 spiro atoms. The van der Waals surface area contributed by atoms with Crippen molar-refractivity contribution in [2.45, 2.75) is 51.9 Å². The average molecular weight is 375 g/mol. The van der Waals surface area contributed by atoms with Gasteiger partial charge in [-0.15, -0.1) is 0 Å². The van der Waals surface area contributed by atoms with Gasteiger partial charge in [-0.2, -0.15) is 0 Å². The van der Waals surface area contributed by atoms with E-state index in [1.165, 1.54) is 0 Å². The quantitative estimate of drug-likeness (QED) is 0.641. The molecule has 4 N–H and O–H groups in total. The second-order valence-corrected chi connectivity index (χ2v) is 8.40. The summed E-state index contributed by atoms with van der Waals surface area (Å²) < 4.78 is 0. The van der Waals surface area contributed by atoms with Crippen LogP contribution in [-0.4, -0.2) is 43.0 Å². The van der Waals surface area contributed by atoms with E-state index in [-0.39, 0.29) is 23.3 Å². The fraction of sp³-hybridized carbons (Fsp3) is 0.619. The third-order valence-corrected chi connectivity index (χ3v) is 5.16. The van der Waals surface area contributed by atoms with E-state index in [2.05, 4.69) is 42.4 Å². The summed E-state index contributed by atoms with van der Waals surface area (Å²) in [6.07, 6.45) is 3.69. The lowest BCUT2D eigenvalue weighted by Crippen LogP contribution is -2.39. The number of nitrogens with zero attached hydrogens (tertiary/aromatic N) is 1. The van der Waals surface area contributed by atoms with E-state index < -0.39 is 0 Å². The summed E-state index contributed by atoms with van der Waals surface area (Å²) in [5, 5.41) is 5.91. The van der Waals surface area contributed by atoms with Gasteiger partial charge in [0.2, 0.25) is 5.91 Å². The SMILES string of the molecule is CC(C)(C)c1ccccc1NC(=O)NCCCCN1CCC(C(N)=O)CC1. The number of benzene rings is 1. The fourth-order valence-corrected chi connectivity index (χ4v) is 3.52. The molecule has 0 saturated carbocycles. The van der Waals surface area contributed by atoms with Crippen LogP contribution in [-0.2, 0) is 10.2 Å². The van der Waals surface area contributed by atoms with E-state index in [1.54, 1.807) is 0 Å². The van der Waals surface area contributed by atoms with Crippen molar-refractivity contribution in [2.75, 3.05) is 31.5 Å². The van der Waals surface area contributed by atoms with E-state index in [0.29, 0.717) is 6.54 Å². The van der Waals surface area contributed by atoms with Crippen LogP contribution in [0.3, 0.4) is 0 Å². The molecule has 1 aromatic rings. The lowest BCUT2D eigenvalue weighted by molar-refractivity contribution is -0.123. The summed E-state index contributed by atoms with van der Waals surface area (Å²) in [6, 6.07) is 7.77. The molecule has 1 aliphatic rings. The summed E-state index contributed by atoms with van der Waals surface area (Å²) >= 11 is 0. The first kappa shape index (κ1) is 21.2. The van der Waals surface area contributed by atoms with Gasteiger partial charge in [0, 0.05) is 18.2 Å². The number of amides is 3. The molecule has 27 heavy (non-hydrogen) atoms. The van der Waals surface area contributed by atoms with Crippen molar-refractivity contribution in [3.8, 4) is 0 Å². The van der Waals surface area contributed by atoms with Crippen LogP contribution in [0, 0.1) is 5.92 Å². The Kier molecular flexibility index (Phi) is 7.66. The predicted molar refractivity (Wildman–Crippen MR) is 110 cm³/mol. The highest BCUT2D eigenvalue weighted by Crippen LogP contribution is 2.29. The number of carbonyl (C=O) groups excluding carboxylic acids is 2. The number of piperidine rings is 1. The Hall–Kier alpha value is -2.08. The Balaban J connectivity index is 1.64. The number of unbranched alkanes of at least 4 members (excludes halogenated alkanes) is 1. The van der Waals surface area contributed by atoms with Crippen LogP contribution in [0.2, 0.25) is 0 Å². The van der Waals surface area contributed by atoms with Crippen molar-refractivity contribution < 1.29 is 9.59 Å². The average Bonchev–Trinajstić information content (AvgIpc) is 2.61. The van der Waals surface area contributed by atoms with E-state index in [1.807, 2.05) is 18.2 Å². The van der Waals surface area contributed by atoms with Crippen LogP contribution in [0.15, 0.2) is 24.3 Å². The number of nitrogens with two attached hydrogens (primary N) is 1. The standard InChI is InChI=1S/C21H34N4O2/c1-21(2,3)17-8-4-5-9-18(17)24-20(27)23-12-6-7-13-25-14-10-16(11-15-25)19(22)26/h4-5,8-9,16H,6-7,10-15H2,1-3H3,(H2,22,26)(H2,23,24,27). The number of urea groups is 1. The normalized spacial score (nSPS) is 16.1. The lowest BCUT2D eigenvalue weighted by atomic mass is 9.86. The van der Waals surface area contributed by atoms with Crippen LogP contribution >= 0.6 is 0 Å². The van der Waals surface area contributed by atoms with Gasteiger partial charge in [0.1, 0.15) is 0 Å². The topological polar surface area (TPSA) is 87.5 Å². The molecule has 0 unspecified atom stereocenters. The first-order chi connectivity index (χ1) is 12.8. The van der Waals surface area contributed by atoms with Gasteiger partial charge in [0.25, 0.3) is 0 Å². The van der Waals surface area contributed by atoms with Gasteiger partial charge in [0.15, 0.2) is 0 Å². The molecule has 1 aromatic carbocycles. The van der Waals surface area contributed by atoms with Crippen LogP contribution in [0.1, 0.15) is 52.0 Å². The minimum atomic E-state index is -0.169. The molecule has 3 amide bonds. The molecule has 0 aromatic heterocycles. The van der Waals surface area contributed by atoms with Gasteiger partial charge in [0.05, 0.1) is 0 Å². The van der Waals surface area contributed by atoms with Gasteiger partial charge in [-0.3, -0.25) is 4.79 Å². The Morgan fingerprint density at radius 3 is 2.44 bits per heavy atom. The van der Waals surface area contributed by atoms with Crippen LogP contribution < -0.4 is 16.4 Å². The van der Waals surface area contributed by atoms with Crippen molar-refractivity contribution in [1.29, 1.82) is 0 Å². The second-order valence-electron chi connectivity index (χ2n) is 8.40. The van der Waals surface area contributed by atoms with Crippen LogP contribution in [0.5, 0.6) is 0 Å². The maximum atomic E-state index is 12.2. The van der Waals surface area contributed by atoms with Crippen LogP contribution in [0.25, 0.3) is 0 Å². The molecule has 1 heterocycles. The first-order valence-corrected chi connectivity index (χ1v) is 9.93. The molecule has 1 fully saturated rings. The summed E-state index contributed by atoms with van der Waals surface area (Å²) in [6.45, 7) is 9.94. The first-order valence-electron chi connectivity index (χ1n) is 9.93. The number of para-hydroxylation sites is 1. The molecule has 1 aliphatic heterocycles. The Morgan fingerprint density at radius 1 is 1.15 bits per heavy atom.